The lowest BCUT2D eigenvalue weighted by atomic mass is 9.90. The van der Waals surface area contributed by atoms with Crippen LogP contribution in [-0.4, -0.2) is 22.3 Å². The normalized spacial score (nSPS) is 26.1. The summed E-state index contributed by atoms with van der Waals surface area (Å²) in [5.74, 6) is 1.67. The molecule has 0 aromatic rings. The largest absolute Gasteiger partial charge is 0.398 e. The predicted molar refractivity (Wildman–Crippen MR) is 87.2 cm³/mol. The van der Waals surface area contributed by atoms with Crippen molar-refractivity contribution >= 4 is 8.56 Å². The van der Waals surface area contributed by atoms with E-state index in [-0.39, 0.29) is 0 Å². The summed E-state index contributed by atoms with van der Waals surface area (Å²) >= 11 is 0. The fourth-order valence-corrected chi connectivity index (χ4v) is 6.39. The maximum absolute atomic E-state index is 6.38. The van der Waals surface area contributed by atoms with Gasteiger partial charge in [-0.05, 0) is 37.3 Å². The van der Waals surface area contributed by atoms with Gasteiger partial charge in [-0.3, -0.25) is 0 Å². The van der Waals surface area contributed by atoms with Gasteiger partial charge < -0.3 is 8.85 Å². The van der Waals surface area contributed by atoms with Crippen LogP contribution in [0.4, 0.5) is 0 Å². The van der Waals surface area contributed by atoms with E-state index in [1.54, 1.807) is 0 Å². The third-order valence-electron chi connectivity index (χ3n) is 5.42. The summed E-state index contributed by atoms with van der Waals surface area (Å²) in [4.78, 5) is 0. The summed E-state index contributed by atoms with van der Waals surface area (Å²) in [6.07, 6.45) is 15.5. The Balaban J connectivity index is 1.77. The van der Waals surface area contributed by atoms with E-state index in [1.807, 2.05) is 7.11 Å². The minimum Gasteiger partial charge on any atom is -0.398 e. The quantitative estimate of drug-likeness (QED) is 0.491. The molecule has 2 nitrogen and oxygen atoms in total. The standard InChI is InChI=1S/C17H34O2Si/c1-18-20(2,15-17-12-6-3-4-7-13-17)19-14-16-10-8-5-9-11-16/h16-17H,3-15H2,1-2H3. The molecule has 0 saturated heterocycles. The van der Waals surface area contributed by atoms with E-state index in [2.05, 4.69) is 6.55 Å². The monoisotopic (exact) mass is 298 g/mol. The Morgan fingerprint density at radius 3 is 1.85 bits per heavy atom. The van der Waals surface area contributed by atoms with Gasteiger partial charge >= 0.3 is 8.56 Å². The van der Waals surface area contributed by atoms with Gasteiger partial charge in [0, 0.05) is 13.7 Å². The molecule has 0 bridgehead atoms. The Labute approximate surface area is 126 Å². The molecular weight excluding hydrogens is 264 g/mol. The summed E-state index contributed by atoms with van der Waals surface area (Å²) in [6.45, 7) is 3.25. The summed E-state index contributed by atoms with van der Waals surface area (Å²) in [7, 11) is -0.0384. The van der Waals surface area contributed by atoms with Crippen molar-refractivity contribution in [1.29, 1.82) is 0 Å². The number of hydrogen-bond acceptors (Lipinski definition) is 2. The molecule has 0 N–H and O–H groups in total. The van der Waals surface area contributed by atoms with E-state index < -0.39 is 8.56 Å². The van der Waals surface area contributed by atoms with Crippen LogP contribution in [0, 0.1) is 11.8 Å². The van der Waals surface area contributed by atoms with Crippen molar-refractivity contribution in [3.8, 4) is 0 Å². The molecule has 0 spiro atoms. The van der Waals surface area contributed by atoms with Crippen LogP contribution in [0.2, 0.25) is 12.6 Å². The zero-order chi connectivity index (χ0) is 14.3. The number of rotatable bonds is 6. The first-order valence-electron chi connectivity index (χ1n) is 8.91. The lowest BCUT2D eigenvalue weighted by Crippen LogP contribution is -2.41. The first kappa shape index (κ1) is 16.5. The molecule has 1 unspecified atom stereocenters. The van der Waals surface area contributed by atoms with E-state index in [0.29, 0.717) is 0 Å². The van der Waals surface area contributed by atoms with Crippen molar-refractivity contribution in [3.63, 3.8) is 0 Å². The Kier molecular flexibility index (Phi) is 7.06. The molecule has 1 atom stereocenters. The Morgan fingerprint density at radius 2 is 1.30 bits per heavy atom. The summed E-state index contributed by atoms with van der Waals surface area (Å²) in [5.41, 5.74) is 0. The minimum absolute atomic E-state index is 0.805. The van der Waals surface area contributed by atoms with Crippen LogP contribution in [0.1, 0.15) is 70.6 Å². The van der Waals surface area contributed by atoms with Crippen LogP contribution < -0.4 is 0 Å². The Bertz CT molecular complexity index is 258. The van der Waals surface area contributed by atoms with Crippen LogP contribution in [0.15, 0.2) is 0 Å². The predicted octanol–water partition coefficient (Wildman–Crippen LogP) is 5.27. The van der Waals surface area contributed by atoms with Gasteiger partial charge in [0.05, 0.1) is 0 Å². The first-order valence-corrected chi connectivity index (χ1v) is 11.4. The van der Waals surface area contributed by atoms with Crippen LogP contribution in [0.3, 0.4) is 0 Å². The van der Waals surface area contributed by atoms with Gasteiger partial charge in [0.1, 0.15) is 0 Å². The van der Waals surface area contributed by atoms with Crippen molar-refractivity contribution in [2.24, 2.45) is 11.8 Å². The molecule has 2 rings (SSSR count). The van der Waals surface area contributed by atoms with Crippen molar-refractivity contribution in [1.82, 2.24) is 0 Å². The van der Waals surface area contributed by atoms with Crippen molar-refractivity contribution in [3.05, 3.63) is 0 Å². The average Bonchev–Trinajstić information content (AvgIpc) is 2.75. The minimum atomic E-state index is -1.92. The van der Waals surface area contributed by atoms with Gasteiger partial charge in [0.2, 0.25) is 0 Å². The SMILES string of the molecule is CO[Si](C)(CC1CCCCCC1)OCC1CCCCC1. The van der Waals surface area contributed by atoms with Crippen molar-refractivity contribution in [2.75, 3.05) is 13.7 Å². The molecule has 0 aromatic heterocycles. The lowest BCUT2D eigenvalue weighted by molar-refractivity contribution is 0.147. The molecule has 118 valence electrons. The van der Waals surface area contributed by atoms with Gasteiger partial charge in [-0.2, -0.15) is 0 Å². The highest BCUT2D eigenvalue weighted by Gasteiger charge is 2.34. The molecule has 0 aliphatic heterocycles. The Morgan fingerprint density at radius 1 is 0.800 bits per heavy atom. The summed E-state index contributed by atoms with van der Waals surface area (Å²) < 4.78 is 12.3. The van der Waals surface area contributed by atoms with Crippen molar-refractivity contribution in [2.45, 2.75) is 83.2 Å². The highest BCUT2D eigenvalue weighted by Crippen LogP contribution is 2.32. The van der Waals surface area contributed by atoms with Gasteiger partial charge in [-0.15, -0.1) is 0 Å². The van der Waals surface area contributed by atoms with Crippen molar-refractivity contribution < 1.29 is 8.85 Å². The van der Waals surface area contributed by atoms with E-state index in [9.17, 15) is 0 Å². The smallest absolute Gasteiger partial charge is 0.334 e. The van der Waals surface area contributed by atoms with Gasteiger partial charge in [0.15, 0.2) is 0 Å². The second kappa shape index (κ2) is 8.55. The number of hydrogen-bond donors (Lipinski definition) is 0. The zero-order valence-corrected chi connectivity index (χ0v) is 14.7. The summed E-state index contributed by atoms with van der Waals surface area (Å²) in [5, 5.41) is 0. The van der Waals surface area contributed by atoms with Crippen LogP contribution in [0.25, 0.3) is 0 Å². The zero-order valence-electron chi connectivity index (χ0n) is 13.7. The van der Waals surface area contributed by atoms with E-state index >= 15 is 0 Å². The van der Waals surface area contributed by atoms with Gasteiger partial charge in [0.25, 0.3) is 0 Å². The molecule has 0 radical (unpaired) electrons. The van der Waals surface area contributed by atoms with Crippen LogP contribution in [-0.2, 0) is 8.85 Å². The van der Waals surface area contributed by atoms with E-state index in [0.717, 1.165) is 18.4 Å². The highest BCUT2D eigenvalue weighted by atomic mass is 28.4. The Hall–Kier alpha value is 0.137. The molecule has 20 heavy (non-hydrogen) atoms. The topological polar surface area (TPSA) is 18.5 Å². The second-order valence-corrected chi connectivity index (χ2v) is 10.6. The van der Waals surface area contributed by atoms with Crippen LogP contribution >= 0.6 is 0 Å². The van der Waals surface area contributed by atoms with Crippen LogP contribution in [0.5, 0.6) is 0 Å². The van der Waals surface area contributed by atoms with E-state index in [4.69, 9.17) is 8.85 Å². The average molecular weight is 299 g/mol. The van der Waals surface area contributed by atoms with Gasteiger partial charge in [-0.1, -0.05) is 57.8 Å². The molecule has 3 heteroatoms. The second-order valence-electron chi connectivity index (χ2n) is 7.21. The summed E-state index contributed by atoms with van der Waals surface area (Å²) in [6, 6.07) is 1.22. The fourth-order valence-electron chi connectivity index (χ4n) is 3.94. The third kappa shape index (κ3) is 5.49. The molecule has 2 aliphatic carbocycles. The molecule has 2 fully saturated rings. The van der Waals surface area contributed by atoms with E-state index in [1.165, 1.54) is 76.7 Å². The molecule has 0 heterocycles. The molecular formula is C17H34O2Si. The molecule has 0 aromatic carbocycles. The third-order valence-corrected chi connectivity index (χ3v) is 8.37. The highest BCUT2D eigenvalue weighted by molar-refractivity contribution is 6.66. The molecule has 2 saturated carbocycles. The molecule has 2 aliphatic rings. The first-order chi connectivity index (χ1) is 9.72. The molecule has 0 amide bonds. The maximum Gasteiger partial charge on any atom is 0.334 e. The van der Waals surface area contributed by atoms with Gasteiger partial charge in [-0.25, -0.2) is 0 Å². The fraction of sp³-hybridized carbons (Fsp3) is 1.00. The maximum atomic E-state index is 6.38. The lowest BCUT2D eigenvalue weighted by Gasteiger charge is -2.31.